The highest BCUT2D eigenvalue weighted by molar-refractivity contribution is 6.30. The molecule has 1 saturated heterocycles. The normalized spacial score (nSPS) is 26.0. The molecule has 0 radical (unpaired) electrons. The molecule has 1 aliphatic carbocycles. The number of likely N-dealkylation sites (N-methyl/N-ethyl adjacent to an activating group) is 1. The van der Waals surface area contributed by atoms with Crippen molar-refractivity contribution in [2.24, 2.45) is 0 Å². The Hall–Kier alpha value is -1.80. The maximum absolute atomic E-state index is 12.1. The summed E-state index contributed by atoms with van der Waals surface area (Å²) in [5.74, 6) is 0.288. The van der Waals surface area contributed by atoms with Gasteiger partial charge in [0, 0.05) is 29.9 Å². The highest BCUT2D eigenvalue weighted by Gasteiger charge is 2.46. The average Bonchev–Trinajstić information content (AvgIpc) is 2.58. The Morgan fingerprint density at radius 1 is 1.12 bits per heavy atom. The van der Waals surface area contributed by atoms with Crippen LogP contribution < -0.4 is 0 Å². The Morgan fingerprint density at radius 2 is 1.92 bits per heavy atom. The molecule has 0 N–H and O–H groups in total. The minimum atomic E-state index is 0.0725. The number of piperidine rings is 1. The Morgan fingerprint density at radius 3 is 2.71 bits per heavy atom. The first-order valence-corrected chi connectivity index (χ1v) is 9.02. The van der Waals surface area contributed by atoms with Crippen molar-refractivity contribution in [1.29, 1.82) is 0 Å². The minimum Gasteiger partial charge on any atom is -0.342 e. The van der Waals surface area contributed by atoms with Gasteiger partial charge in [0.2, 0.25) is 5.91 Å². The number of benzene rings is 2. The maximum atomic E-state index is 12.1. The summed E-state index contributed by atoms with van der Waals surface area (Å²) in [6, 6.07) is 15.1. The molecule has 2 aromatic rings. The van der Waals surface area contributed by atoms with Gasteiger partial charge in [-0.15, -0.1) is 0 Å². The van der Waals surface area contributed by atoms with Crippen molar-refractivity contribution < 1.29 is 4.79 Å². The summed E-state index contributed by atoms with van der Waals surface area (Å²) in [7, 11) is 1.97. The fraction of sp³-hybridized carbons (Fsp3) is 0.381. The molecule has 1 fully saturated rings. The number of nitrogens with zero attached hydrogens (tertiary/aromatic N) is 1. The number of likely N-dealkylation sites (tertiary alicyclic amines) is 1. The Bertz CT molecular complexity index is 815. The van der Waals surface area contributed by atoms with E-state index in [2.05, 4.69) is 31.2 Å². The highest BCUT2D eigenvalue weighted by atomic mass is 35.5. The van der Waals surface area contributed by atoms with Gasteiger partial charge in [0.1, 0.15) is 0 Å². The van der Waals surface area contributed by atoms with Crippen LogP contribution in [0.1, 0.15) is 37.3 Å². The molecule has 0 aromatic heterocycles. The third-order valence-corrected chi connectivity index (χ3v) is 6.26. The molecule has 4 rings (SSSR count). The van der Waals surface area contributed by atoms with E-state index < -0.39 is 0 Å². The van der Waals surface area contributed by atoms with Crippen LogP contribution in [-0.2, 0) is 16.6 Å². The van der Waals surface area contributed by atoms with E-state index in [4.69, 9.17) is 11.6 Å². The van der Waals surface area contributed by atoms with Crippen molar-refractivity contribution in [1.82, 2.24) is 4.90 Å². The topological polar surface area (TPSA) is 20.3 Å². The second-order valence-electron chi connectivity index (χ2n) is 7.36. The van der Waals surface area contributed by atoms with Gasteiger partial charge in [-0.1, -0.05) is 48.9 Å². The van der Waals surface area contributed by atoms with Crippen LogP contribution in [0.25, 0.3) is 11.1 Å². The molecule has 3 heteroatoms. The number of aryl methyl sites for hydroxylation is 1. The van der Waals surface area contributed by atoms with Gasteiger partial charge in [0.25, 0.3) is 0 Å². The fourth-order valence-electron chi connectivity index (χ4n) is 4.63. The largest absolute Gasteiger partial charge is 0.342 e. The molecular formula is C21H22ClNO. The summed E-state index contributed by atoms with van der Waals surface area (Å²) in [4.78, 5) is 14.1. The van der Waals surface area contributed by atoms with E-state index in [-0.39, 0.29) is 11.3 Å². The van der Waals surface area contributed by atoms with E-state index in [1.807, 2.05) is 30.1 Å². The number of amides is 1. The molecule has 1 heterocycles. The molecule has 0 bridgehead atoms. The van der Waals surface area contributed by atoms with Crippen molar-refractivity contribution in [3.63, 3.8) is 0 Å². The number of carbonyl (C=O) groups excluding carboxylic acids is 1. The lowest BCUT2D eigenvalue weighted by Gasteiger charge is -2.50. The van der Waals surface area contributed by atoms with Crippen LogP contribution in [0.15, 0.2) is 42.5 Å². The van der Waals surface area contributed by atoms with Crippen LogP contribution in [0.3, 0.4) is 0 Å². The van der Waals surface area contributed by atoms with Gasteiger partial charge >= 0.3 is 0 Å². The van der Waals surface area contributed by atoms with Crippen LogP contribution in [-0.4, -0.2) is 23.9 Å². The molecule has 24 heavy (non-hydrogen) atoms. The molecule has 2 atom stereocenters. The Labute approximate surface area is 148 Å². The molecule has 2 aromatic carbocycles. The standard InChI is InChI=1S/C21H22ClNO/c1-21-11-10-20(24)23(2)19(21)9-7-16-12-15(6-8-18(16)21)14-4-3-5-17(22)13-14/h3-6,8,12-13,19H,7,9-11H2,1-2H3/t19?,21-/m1/s1. The minimum absolute atomic E-state index is 0.0725. The average molecular weight is 340 g/mol. The SMILES string of the molecule is CN1C(=O)CC[C@]2(C)c3ccc(-c4cccc(Cl)c4)cc3CCC12. The summed E-state index contributed by atoms with van der Waals surface area (Å²) in [5.41, 5.74) is 5.30. The van der Waals surface area contributed by atoms with Crippen molar-refractivity contribution in [2.75, 3.05) is 7.05 Å². The van der Waals surface area contributed by atoms with Crippen molar-refractivity contribution in [2.45, 2.75) is 44.1 Å². The number of fused-ring (bicyclic) bond motifs is 3. The van der Waals surface area contributed by atoms with E-state index in [0.29, 0.717) is 12.5 Å². The van der Waals surface area contributed by atoms with Crippen molar-refractivity contribution in [3.05, 3.63) is 58.6 Å². The van der Waals surface area contributed by atoms with Gasteiger partial charge in [-0.05, 0) is 53.6 Å². The first kappa shape index (κ1) is 15.7. The van der Waals surface area contributed by atoms with Gasteiger partial charge < -0.3 is 4.90 Å². The molecular weight excluding hydrogens is 318 g/mol. The van der Waals surface area contributed by atoms with Crippen LogP contribution in [0.5, 0.6) is 0 Å². The highest BCUT2D eigenvalue weighted by Crippen LogP contribution is 2.46. The second kappa shape index (κ2) is 5.63. The molecule has 2 aliphatic rings. The quantitative estimate of drug-likeness (QED) is 0.728. The molecule has 1 amide bonds. The van der Waals surface area contributed by atoms with Gasteiger partial charge in [-0.2, -0.15) is 0 Å². The monoisotopic (exact) mass is 339 g/mol. The number of carbonyl (C=O) groups is 1. The maximum Gasteiger partial charge on any atom is 0.222 e. The summed E-state index contributed by atoms with van der Waals surface area (Å²) in [6.07, 6.45) is 3.68. The van der Waals surface area contributed by atoms with Crippen molar-refractivity contribution in [3.8, 4) is 11.1 Å². The lowest BCUT2D eigenvalue weighted by Crippen LogP contribution is -2.56. The Balaban J connectivity index is 1.76. The van der Waals surface area contributed by atoms with Gasteiger partial charge in [0.05, 0.1) is 0 Å². The predicted octanol–water partition coefficient (Wildman–Crippen LogP) is 4.83. The molecule has 1 aliphatic heterocycles. The van der Waals surface area contributed by atoms with Crippen LogP contribution in [0.4, 0.5) is 0 Å². The summed E-state index contributed by atoms with van der Waals surface area (Å²) >= 11 is 6.14. The van der Waals surface area contributed by atoms with E-state index in [1.54, 1.807) is 0 Å². The number of hydrogen-bond acceptors (Lipinski definition) is 1. The number of rotatable bonds is 1. The number of hydrogen-bond donors (Lipinski definition) is 0. The summed E-state index contributed by atoms with van der Waals surface area (Å²) < 4.78 is 0. The fourth-order valence-corrected chi connectivity index (χ4v) is 4.82. The predicted molar refractivity (Wildman–Crippen MR) is 98.4 cm³/mol. The van der Waals surface area contributed by atoms with Crippen molar-refractivity contribution >= 4 is 17.5 Å². The molecule has 124 valence electrons. The third-order valence-electron chi connectivity index (χ3n) is 6.02. The van der Waals surface area contributed by atoms with E-state index >= 15 is 0 Å². The van der Waals surface area contributed by atoms with Gasteiger partial charge in [-0.25, -0.2) is 0 Å². The molecule has 2 nitrogen and oxygen atoms in total. The Kier molecular flexibility index (Phi) is 3.69. The lowest BCUT2D eigenvalue weighted by atomic mass is 9.63. The van der Waals surface area contributed by atoms with Gasteiger partial charge in [-0.3, -0.25) is 4.79 Å². The zero-order chi connectivity index (χ0) is 16.9. The van der Waals surface area contributed by atoms with E-state index in [9.17, 15) is 4.79 Å². The second-order valence-corrected chi connectivity index (χ2v) is 7.80. The molecule has 0 saturated carbocycles. The van der Waals surface area contributed by atoms with E-state index in [0.717, 1.165) is 29.8 Å². The zero-order valence-corrected chi connectivity index (χ0v) is 14.9. The van der Waals surface area contributed by atoms with Crippen LogP contribution in [0.2, 0.25) is 5.02 Å². The van der Waals surface area contributed by atoms with Gasteiger partial charge in [0.15, 0.2) is 0 Å². The summed E-state index contributed by atoms with van der Waals surface area (Å²) in [5, 5.41) is 0.768. The first-order chi connectivity index (χ1) is 11.5. The number of halogens is 1. The smallest absolute Gasteiger partial charge is 0.222 e. The lowest BCUT2D eigenvalue weighted by molar-refractivity contribution is -0.138. The van der Waals surface area contributed by atoms with Crippen LogP contribution in [0, 0.1) is 0 Å². The summed E-state index contributed by atoms with van der Waals surface area (Å²) in [6.45, 7) is 2.33. The molecule has 0 spiro atoms. The zero-order valence-electron chi connectivity index (χ0n) is 14.2. The third kappa shape index (κ3) is 2.36. The first-order valence-electron chi connectivity index (χ1n) is 8.64. The van der Waals surface area contributed by atoms with E-state index in [1.165, 1.54) is 16.7 Å². The molecule has 1 unspecified atom stereocenters. The van der Waals surface area contributed by atoms with Crippen LogP contribution >= 0.6 is 11.6 Å².